The van der Waals surface area contributed by atoms with Crippen molar-refractivity contribution < 1.29 is 32.2 Å². The summed E-state index contributed by atoms with van der Waals surface area (Å²) in [6.45, 7) is 1.86. The molecule has 0 fully saturated rings. The Kier molecular flexibility index (Phi) is 7.35. The van der Waals surface area contributed by atoms with Crippen LogP contribution in [0.5, 0.6) is 17.2 Å². The Morgan fingerprint density at radius 3 is 2.48 bits per heavy atom. The minimum atomic E-state index is -4.53. The molecule has 0 aliphatic heterocycles. The monoisotopic (exact) mass is 427 g/mol. The number of esters is 1. The maximum atomic E-state index is 12.8. The fraction of sp³-hybridized carbons (Fsp3) is 0.300. The number of methoxy groups -OCH3 is 1. The molecule has 154 valence electrons. The maximum Gasteiger partial charge on any atom is 0.416 e. The number of hydrogen-bond donors (Lipinski definition) is 0. The maximum absolute atomic E-state index is 12.8. The summed E-state index contributed by atoms with van der Waals surface area (Å²) >= 11 is 5.90. The van der Waals surface area contributed by atoms with Gasteiger partial charge in [0.15, 0.2) is 6.10 Å². The van der Waals surface area contributed by atoms with Crippen LogP contribution in [0.25, 0.3) is 0 Å². The third kappa shape index (κ3) is 5.78. The summed E-state index contributed by atoms with van der Waals surface area (Å²) in [4.78, 5) is 11.9. The van der Waals surface area contributed by atoms with Crippen molar-refractivity contribution >= 4 is 17.6 Å². The lowest BCUT2D eigenvalue weighted by Crippen LogP contribution is -2.28. The number of benzene rings is 2. The van der Waals surface area contributed by atoms with Crippen molar-refractivity contribution in [2.75, 3.05) is 7.11 Å². The molecule has 0 heterocycles. The standard InChI is InChI=1S/C20H17ClF3NO4/c1-3-4-17(19(26)27-2)29-18-10-14(7-5-12(18)11-25)28-16-8-6-13(9-15(16)21)20(22,23)24/h5-10,17H,3-4H2,1-2H3. The number of halogens is 4. The highest BCUT2D eigenvalue weighted by molar-refractivity contribution is 6.32. The summed E-state index contributed by atoms with van der Waals surface area (Å²) in [5, 5.41) is 9.04. The lowest BCUT2D eigenvalue weighted by atomic mass is 10.1. The Morgan fingerprint density at radius 1 is 1.21 bits per heavy atom. The van der Waals surface area contributed by atoms with Gasteiger partial charge in [0.25, 0.3) is 0 Å². The zero-order valence-electron chi connectivity index (χ0n) is 15.5. The van der Waals surface area contributed by atoms with Crippen LogP contribution in [0.4, 0.5) is 13.2 Å². The molecule has 5 nitrogen and oxygen atoms in total. The van der Waals surface area contributed by atoms with E-state index in [0.29, 0.717) is 12.8 Å². The molecule has 0 N–H and O–H groups in total. The second kappa shape index (κ2) is 9.52. The zero-order valence-corrected chi connectivity index (χ0v) is 16.3. The summed E-state index contributed by atoms with van der Waals surface area (Å²) in [6, 6.07) is 8.84. The molecule has 0 saturated heterocycles. The predicted molar refractivity (Wildman–Crippen MR) is 99.0 cm³/mol. The molecular formula is C20H17ClF3NO4. The van der Waals surface area contributed by atoms with Crippen LogP contribution in [0, 0.1) is 11.3 Å². The van der Waals surface area contributed by atoms with Crippen LogP contribution < -0.4 is 9.47 Å². The van der Waals surface area contributed by atoms with Crippen molar-refractivity contribution in [1.29, 1.82) is 5.26 Å². The van der Waals surface area contributed by atoms with Crippen LogP contribution in [0.1, 0.15) is 30.9 Å². The molecule has 9 heteroatoms. The number of hydrogen-bond acceptors (Lipinski definition) is 5. The smallest absolute Gasteiger partial charge is 0.416 e. The first-order chi connectivity index (χ1) is 13.7. The van der Waals surface area contributed by atoms with E-state index in [9.17, 15) is 23.2 Å². The molecule has 0 aromatic heterocycles. The first-order valence-corrected chi connectivity index (χ1v) is 8.90. The number of carbonyl (C=O) groups is 1. The number of rotatable bonds is 7. The van der Waals surface area contributed by atoms with E-state index in [1.54, 1.807) is 0 Å². The average molecular weight is 428 g/mol. The van der Waals surface area contributed by atoms with Gasteiger partial charge in [-0.2, -0.15) is 18.4 Å². The Bertz CT molecular complexity index is 925. The summed E-state index contributed by atoms with van der Waals surface area (Å²) in [6.07, 6.45) is -4.44. The van der Waals surface area contributed by atoms with Crippen molar-refractivity contribution in [2.24, 2.45) is 0 Å². The first-order valence-electron chi connectivity index (χ1n) is 8.52. The van der Waals surface area contributed by atoms with Crippen molar-refractivity contribution in [1.82, 2.24) is 0 Å². The molecule has 0 bridgehead atoms. The van der Waals surface area contributed by atoms with Crippen molar-refractivity contribution in [3.05, 3.63) is 52.5 Å². The van der Waals surface area contributed by atoms with Gasteiger partial charge in [0.2, 0.25) is 0 Å². The molecule has 0 radical (unpaired) electrons. The van der Waals surface area contributed by atoms with Crippen LogP contribution in [-0.4, -0.2) is 19.2 Å². The topological polar surface area (TPSA) is 68.5 Å². The minimum absolute atomic E-state index is 0.00611. The molecule has 29 heavy (non-hydrogen) atoms. The van der Waals surface area contributed by atoms with E-state index in [1.807, 2.05) is 13.0 Å². The third-order valence-electron chi connectivity index (χ3n) is 3.84. The van der Waals surface area contributed by atoms with E-state index < -0.39 is 23.8 Å². The highest BCUT2D eigenvalue weighted by Gasteiger charge is 2.31. The lowest BCUT2D eigenvalue weighted by Gasteiger charge is -2.18. The average Bonchev–Trinajstić information content (AvgIpc) is 2.68. The molecule has 0 amide bonds. The van der Waals surface area contributed by atoms with E-state index in [4.69, 9.17) is 25.8 Å². The van der Waals surface area contributed by atoms with Gasteiger partial charge < -0.3 is 14.2 Å². The van der Waals surface area contributed by atoms with Crippen molar-refractivity contribution in [2.45, 2.75) is 32.0 Å². The first kappa shape index (κ1) is 22.4. The van der Waals surface area contributed by atoms with Crippen LogP contribution in [0.3, 0.4) is 0 Å². The number of nitrogens with zero attached hydrogens (tertiary/aromatic N) is 1. The number of nitriles is 1. The zero-order chi connectivity index (χ0) is 21.6. The molecule has 2 aromatic rings. The van der Waals surface area contributed by atoms with Gasteiger partial charge in [-0.1, -0.05) is 24.9 Å². The molecule has 0 spiro atoms. The molecule has 0 aliphatic rings. The molecule has 1 atom stereocenters. The van der Waals surface area contributed by atoms with E-state index >= 15 is 0 Å². The van der Waals surface area contributed by atoms with Crippen molar-refractivity contribution in [3.8, 4) is 23.3 Å². The van der Waals surface area contributed by atoms with Crippen LogP contribution in [0.2, 0.25) is 5.02 Å². The Labute approximate surface area is 170 Å². The second-order valence-corrected chi connectivity index (χ2v) is 6.34. The van der Waals surface area contributed by atoms with Crippen molar-refractivity contribution in [3.63, 3.8) is 0 Å². The Morgan fingerprint density at radius 2 is 1.93 bits per heavy atom. The van der Waals surface area contributed by atoms with Gasteiger partial charge in [-0.15, -0.1) is 0 Å². The Hall–Kier alpha value is -2.92. The van der Waals surface area contributed by atoms with Gasteiger partial charge in [0.05, 0.1) is 23.3 Å². The summed E-state index contributed by atoms with van der Waals surface area (Å²) in [7, 11) is 1.23. The highest BCUT2D eigenvalue weighted by Crippen LogP contribution is 2.37. The lowest BCUT2D eigenvalue weighted by molar-refractivity contribution is -0.149. The fourth-order valence-corrected chi connectivity index (χ4v) is 2.63. The molecule has 1 unspecified atom stereocenters. The summed E-state index contributed by atoms with van der Waals surface area (Å²) in [5.41, 5.74) is -0.750. The van der Waals surface area contributed by atoms with Gasteiger partial charge in [-0.05, 0) is 36.8 Å². The highest BCUT2D eigenvalue weighted by atomic mass is 35.5. The van der Waals surface area contributed by atoms with Crippen LogP contribution in [0.15, 0.2) is 36.4 Å². The third-order valence-corrected chi connectivity index (χ3v) is 4.14. The normalized spacial score (nSPS) is 12.0. The van der Waals surface area contributed by atoms with Gasteiger partial charge in [0, 0.05) is 6.07 Å². The van der Waals surface area contributed by atoms with E-state index in [-0.39, 0.29) is 27.8 Å². The molecule has 2 rings (SSSR count). The Balaban J connectivity index is 2.31. The van der Waals surface area contributed by atoms with E-state index in [0.717, 1.165) is 18.2 Å². The van der Waals surface area contributed by atoms with Gasteiger partial charge in [0.1, 0.15) is 23.3 Å². The van der Waals surface area contributed by atoms with Crippen LogP contribution >= 0.6 is 11.6 Å². The SMILES string of the molecule is CCCC(Oc1cc(Oc2ccc(C(F)(F)F)cc2Cl)ccc1C#N)C(=O)OC. The molecule has 0 aliphatic carbocycles. The number of carbonyl (C=O) groups excluding carboxylic acids is 1. The van der Waals surface area contributed by atoms with Gasteiger partial charge in [-0.25, -0.2) is 4.79 Å². The summed E-state index contributed by atoms with van der Waals surface area (Å²) in [5.74, 6) is -0.348. The minimum Gasteiger partial charge on any atom is -0.477 e. The molecule has 0 saturated carbocycles. The predicted octanol–water partition coefficient (Wildman–Crippen LogP) is 5.74. The molecular weight excluding hydrogens is 411 g/mol. The fourth-order valence-electron chi connectivity index (χ4n) is 2.41. The van der Waals surface area contributed by atoms with E-state index in [2.05, 4.69) is 0 Å². The van der Waals surface area contributed by atoms with Gasteiger partial charge >= 0.3 is 12.1 Å². The quantitative estimate of drug-likeness (QED) is 0.527. The van der Waals surface area contributed by atoms with Gasteiger partial charge in [-0.3, -0.25) is 0 Å². The summed E-state index contributed by atoms with van der Waals surface area (Å²) < 4.78 is 54.2. The number of alkyl halides is 3. The second-order valence-electron chi connectivity index (χ2n) is 5.93. The van der Waals surface area contributed by atoms with Crippen LogP contribution in [-0.2, 0) is 15.7 Å². The number of ether oxygens (including phenoxy) is 3. The van der Waals surface area contributed by atoms with E-state index in [1.165, 1.54) is 25.3 Å². The molecule has 2 aromatic carbocycles. The largest absolute Gasteiger partial charge is 0.477 e.